The maximum atomic E-state index is 12.5. The van der Waals surface area contributed by atoms with E-state index in [4.69, 9.17) is 4.42 Å². The molecular formula is C22H20O2S2. The molecule has 26 heavy (non-hydrogen) atoms. The van der Waals surface area contributed by atoms with E-state index in [1.54, 1.807) is 29.6 Å². The molecule has 1 aromatic heterocycles. The Balaban J connectivity index is 1.81. The van der Waals surface area contributed by atoms with Crippen LogP contribution in [0.2, 0.25) is 0 Å². The molecule has 0 atom stereocenters. The second kappa shape index (κ2) is 8.47. The number of thioether (sulfide) groups is 2. The van der Waals surface area contributed by atoms with E-state index in [9.17, 15) is 4.79 Å². The lowest BCUT2D eigenvalue weighted by Crippen LogP contribution is -1.95. The van der Waals surface area contributed by atoms with Gasteiger partial charge in [-0.25, -0.2) is 0 Å². The molecule has 0 fully saturated rings. The lowest BCUT2D eigenvalue weighted by Gasteiger charge is -2.02. The van der Waals surface area contributed by atoms with Gasteiger partial charge in [-0.15, -0.1) is 23.5 Å². The molecule has 0 aliphatic rings. The predicted molar refractivity (Wildman–Crippen MR) is 112 cm³/mol. The Morgan fingerprint density at radius 1 is 0.923 bits per heavy atom. The van der Waals surface area contributed by atoms with Gasteiger partial charge in [0, 0.05) is 20.9 Å². The number of allylic oxidation sites excluding steroid dienone is 2. The zero-order valence-corrected chi connectivity index (χ0v) is 16.6. The Hall–Kier alpha value is -2.17. The summed E-state index contributed by atoms with van der Waals surface area (Å²) in [5.41, 5.74) is 2.54. The molecule has 0 N–H and O–H groups in total. The summed E-state index contributed by atoms with van der Waals surface area (Å²) in [6, 6.07) is 19.8. The second-order valence-corrected chi connectivity index (χ2v) is 7.58. The number of benzene rings is 2. The molecule has 0 aliphatic carbocycles. The van der Waals surface area contributed by atoms with Gasteiger partial charge in [-0.1, -0.05) is 24.3 Å². The molecule has 3 rings (SSSR count). The topological polar surface area (TPSA) is 30.2 Å². The Bertz CT molecular complexity index is 937. The number of furan rings is 1. The first-order valence-corrected chi connectivity index (χ1v) is 10.7. The number of hydrogen-bond acceptors (Lipinski definition) is 4. The zero-order valence-electron chi connectivity index (χ0n) is 15.0. The van der Waals surface area contributed by atoms with Crippen molar-refractivity contribution in [1.29, 1.82) is 0 Å². The largest absolute Gasteiger partial charge is 0.456 e. The summed E-state index contributed by atoms with van der Waals surface area (Å²) in [5.74, 6) is 1.50. The van der Waals surface area contributed by atoms with Crippen LogP contribution in [0.1, 0.15) is 23.0 Å². The van der Waals surface area contributed by atoms with Crippen LogP contribution in [-0.2, 0) is 0 Å². The van der Waals surface area contributed by atoms with Crippen molar-refractivity contribution in [3.05, 3.63) is 78.1 Å². The molecule has 0 amide bonds. The van der Waals surface area contributed by atoms with Crippen molar-refractivity contribution in [2.75, 3.05) is 12.5 Å². The van der Waals surface area contributed by atoms with Crippen LogP contribution in [0.15, 0.2) is 80.9 Å². The number of hydrogen-bond donors (Lipinski definition) is 0. The monoisotopic (exact) mass is 380 g/mol. The van der Waals surface area contributed by atoms with Crippen molar-refractivity contribution in [3.63, 3.8) is 0 Å². The highest BCUT2D eigenvalue weighted by Gasteiger charge is 2.09. The van der Waals surface area contributed by atoms with Gasteiger partial charge in [-0.2, -0.15) is 0 Å². The molecule has 3 aromatic rings. The van der Waals surface area contributed by atoms with Gasteiger partial charge in [-0.05, 0) is 67.5 Å². The van der Waals surface area contributed by atoms with E-state index in [0.717, 1.165) is 21.8 Å². The van der Waals surface area contributed by atoms with Crippen molar-refractivity contribution in [1.82, 2.24) is 0 Å². The molecule has 2 nitrogen and oxygen atoms in total. The number of carbonyl (C=O) groups excluding carboxylic acids is 1. The van der Waals surface area contributed by atoms with Gasteiger partial charge in [0.2, 0.25) is 0 Å². The first-order chi connectivity index (χ1) is 12.6. The molecule has 4 heteroatoms. The summed E-state index contributed by atoms with van der Waals surface area (Å²) in [7, 11) is 0. The van der Waals surface area contributed by atoms with E-state index < -0.39 is 0 Å². The minimum Gasteiger partial charge on any atom is -0.456 e. The van der Waals surface area contributed by atoms with E-state index in [1.165, 1.54) is 4.90 Å². The van der Waals surface area contributed by atoms with Crippen LogP contribution in [0, 0.1) is 0 Å². The normalized spacial score (nSPS) is 11.6. The maximum Gasteiger partial charge on any atom is 0.186 e. The Morgan fingerprint density at radius 2 is 1.65 bits per heavy atom. The van der Waals surface area contributed by atoms with Gasteiger partial charge < -0.3 is 4.42 Å². The molecule has 0 unspecified atom stereocenters. The predicted octanol–water partition coefficient (Wildman–Crippen LogP) is 6.68. The van der Waals surface area contributed by atoms with Crippen LogP contribution < -0.4 is 0 Å². The van der Waals surface area contributed by atoms with Gasteiger partial charge in [0.05, 0.1) is 0 Å². The van der Waals surface area contributed by atoms with Crippen LogP contribution in [0.5, 0.6) is 0 Å². The summed E-state index contributed by atoms with van der Waals surface area (Å²) >= 11 is 3.34. The van der Waals surface area contributed by atoms with Crippen LogP contribution in [0.3, 0.4) is 0 Å². The van der Waals surface area contributed by atoms with Gasteiger partial charge >= 0.3 is 0 Å². The fraction of sp³-hybridized carbons (Fsp3) is 0.136. The molecular weight excluding hydrogens is 360 g/mol. The second-order valence-electron chi connectivity index (χ2n) is 5.82. The average molecular weight is 381 g/mol. The van der Waals surface area contributed by atoms with Gasteiger partial charge in [0.25, 0.3) is 0 Å². The highest BCUT2D eigenvalue weighted by atomic mass is 32.2. The minimum atomic E-state index is -0.0133. The molecule has 0 bridgehead atoms. The SMILES string of the molecule is CSc1ccc(-c2ccc(/C(C)=C/C(=O)c3cccc(SC)c3)o2)cc1. The van der Waals surface area contributed by atoms with E-state index >= 15 is 0 Å². The van der Waals surface area contributed by atoms with E-state index in [0.29, 0.717) is 11.3 Å². The lowest BCUT2D eigenvalue weighted by molar-refractivity contribution is 0.104. The van der Waals surface area contributed by atoms with Crippen LogP contribution in [0.25, 0.3) is 16.9 Å². The highest BCUT2D eigenvalue weighted by molar-refractivity contribution is 7.98. The fourth-order valence-electron chi connectivity index (χ4n) is 2.59. The van der Waals surface area contributed by atoms with Crippen molar-refractivity contribution >= 4 is 34.9 Å². The molecule has 0 saturated carbocycles. The number of rotatable bonds is 6. The molecule has 1 heterocycles. The summed E-state index contributed by atoms with van der Waals surface area (Å²) in [5, 5.41) is 0. The van der Waals surface area contributed by atoms with Gasteiger partial charge in [0.15, 0.2) is 5.78 Å². The molecule has 0 saturated heterocycles. The first-order valence-electron chi connectivity index (χ1n) is 8.22. The van der Waals surface area contributed by atoms with Crippen LogP contribution in [-0.4, -0.2) is 18.3 Å². The fourth-order valence-corrected chi connectivity index (χ4v) is 3.46. The summed E-state index contributed by atoms with van der Waals surface area (Å²) in [6.07, 6.45) is 5.69. The van der Waals surface area contributed by atoms with Crippen LogP contribution >= 0.6 is 23.5 Å². The third-order valence-corrected chi connectivity index (χ3v) is 5.54. The molecule has 132 valence electrons. The third-order valence-electron chi connectivity index (χ3n) is 4.07. The Morgan fingerprint density at radius 3 is 2.35 bits per heavy atom. The summed E-state index contributed by atoms with van der Waals surface area (Å²) in [6.45, 7) is 1.90. The zero-order chi connectivity index (χ0) is 18.5. The van der Waals surface area contributed by atoms with Crippen LogP contribution in [0.4, 0.5) is 0 Å². The smallest absolute Gasteiger partial charge is 0.186 e. The molecule has 0 aliphatic heterocycles. The number of carbonyl (C=O) groups is 1. The van der Waals surface area contributed by atoms with Crippen molar-refractivity contribution in [2.24, 2.45) is 0 Å². The maximum absolute atomic E-state index is 12.5. The summed E-state index contributed by atoms with van der Waals surface area (Å²) in [4.78, 5) is 14.8. The van der Waals surface area contributed by atoms with Crippen molar-refractivity contribution in [2.45, 2.75) is 16.7 Å². The van der Waals surface area contributed by atoms with Crippen molar-refractivity contribution in [3.8, 4) is 11.3 Å². The van der Waals surface area contributed by atoms with E-state index in [1.807, 2.05) is 61.7 Å². The quantitative estimate of drug-likeness (QED) is 0.271. The standard InChI is InChI=1S/C22H20O2S2/c1-15(13-20(23)17-5-4-6-19(14-17)26-3)21-11-12-22(24-21)16-7-9-18(25-2)10-8-16/h4-14H,1-3H3/b15-13+. The number of ketones is 1. The van der Waals surface area contributed by atoms with Gasteiger partial charge in [0.1, 0.15) is 11.5 Å². The van der Waals surface area contributed by atoms with Gasteiger partial charge in [-0.3, -0.25) is 4.79 Å². The minimum absolute atomic E-state index is 0.0133. The Labute approximate surface area is 162 Å². The molecule has 0 radical (unpaired) electrons. The average Bonchev–Trinajstić information content (AvgIpc) is 3.18. The van der Waals surface area contributed by atoms with Crippen molar-refractivity contribution < 1.29 is 9.21 Å². The summed E-state index contributed by atoms with van der Waals surface area (Å²) < 4.78 is 5.96. The highest BCUT2D eigenvalue weighted by Crippen LogP contribution is 2.28. The molecule has 2 aromatic carbocycles. The van der Waals surface area contributed by atoms with E-state index in [2.05, 4.69) is 18.4 Å². The molecule has 0 spiro atoms. The van der Waals surface area contributed by atoms with E-state index in [-0.39, 0.29) is 5.78 Å². The third kappa shape index (κ3) is 4.32. The lowest BCUT2D eigenvalue weighted by atomic mass is 10.1. The Kier molecular flexibility index (Phi) is 6.07. The first kappa shape index (κ1) is 18.6.